The summed E-state index contributed by atoms with van der Waals surface area (Å²) in [6.45, 7) is 3.09. The van der Waals surface area contributed by atoms with Gasteiger partial charge in [0.15, 0.2) is 5.78 Å². The van der Waals surface area contributed by atoms with Gasteiger partial charge in [0, 0.05) is 25.4 Å². The summed E-state index contributed by atoms with van der Waals surface area (Å²) in [4.78, 5) is 65.0. The van der Waals surface area contributed by atoms with Gasteiger partial charge in [0.05, 0.1) is 23.7 Å². The number of Topliss-reactive ketones (excluding diaryl/α,β-unsaturated/α-hetero) is 1. The van der Waals surface area contributed by atoms with Gasteiger partial charge in [-0.3, -0.25) is 33.8 Å². The molecular weight excluding hydrogens is 312 g/mol. The fourth-order valence-electron chi connectivity index (χ4n) is 5.53. The molecule has 2 bridgehead atoms. The number of rotatable bonds is 1. The van der Waals surface area contributed by atoms with E-state index in [1.165, 1.54) is 21.0 Å². The number of nitrogens with zero attached hydrogens (tertiary/aromatic N) is 2. The fraction of sp³-hybridized carbons (Fsp3) is 0.588. The van der Waals surface area contributed by atoms with Crippen molar-refractivity contribution in [2.75, 3.05) is 14.1 Å². The first-order valence-corrected chi connectivity index (χ1v) is 8.00. The summed E-state index contributed by atoms with van der Waals surface area (Å²) in [5.74, 6) is -5.02. The highest BCUT2D eigenvalue weighted by atomic mass is 16.2. The van der Waals surface area contributed by atoms with Crippen molar-refractivity contribution in [1.29, 1.82) is 0 Å². The summed E-state index contributed by atoms with van der Waals surface area (Å²) in [6.07, 6.45) is 1.68. The Balaban J connectivity index is 2.01. The summed E-state index contributed by atoms with van der Waals surface area (Å²) >= 11 is 0. The number of ketones is 1. The summed E-state index contributed by atoms with van der Waals surface area (Å²) in [6, 6.07) is 0. The number of hydrogen-bond donors (Lipinski definition) is 0. The first kappa shape index (κ1) is 15.2. The molecule has 0 radical (unpaired) electrons. The zero-order chi connectivity index (χ0) is 17.7. The molecule has 0 aromatic heterocycles. The summed E-state index contributed by atoms with van der Waals surface area (Å²) < 4.78 is 0. The number of carbonyl (C=O) groups is 5. The van der Waals surface area contributed by atoms with E-state index in [-0.39, 0.29) is 29.4 Å². The summed E-state index contributed by atoms with van der Waals surface area (Å²) in [5.41, 5.74) is -0.715. The number of likely N-dealkylation sites (tertiary alicyclic amines) is 2. The monoisotopic (exact) mass is 330 g/mol. The van der Waals surface area contributed by atoms with Gasteiger partial charge >= 0.3 is 0 Å². The van der Waals surface area contributed by atoms with Gasteiger partial charge in [-0.1, -0.05) is 13.0 Å². The molecule has 0 aromatic rings. The van der Waals surface area contributed by atoms with E-state index in [1.54, 1.807) is 13.0 Å². The van der Waals surface area contributed by atoms with Crippen LogP contribution in [0, 0.1) is 35.0 Å². The molecule has 2 aliphatic heterocycles. The van der Waals surface area contributed by atoms with E-state index >= 15 is 0 Å². The predicted octanol–water partition coefficient (Wildman–Crippen LogP) is -0.386. The highest BCUT2D eigenvalue weighted by Crippen LogP contribution is 2.66. The van der Waals surface area contributed by atoms with Crippen LogP contribution < -0.4 is 0 Å². The first-order chi connectivity index (χ1) is 11.1. The van der Waals surface area contributed by atoms with Crippen LogP contribution in [0.5, 0.6) is 0 Å². The van der Waals surface area contributed by atoms with E-state index in [0.29, 0.717) is 5.57 Å². The summed E-state index contributed by atoms with van der Waals surface area (Å²) in [7, 11) is 2.84. The van der Waals surface area contributed by atoms with Gasteiger partial charge in [-0.25, -0.2) is 0 Å². The lowest BCUT2D eigenvalue weighted by Gasteiger charge is -2.54. The molecule has 0 spiro atoms. The Hall–Kier alpha value is -2.31. The molecule has 2 heterocycles. The number of imide groups is 2. The minimum Gasteiger partial charge on any atom is -0.295 e. The van der Waals surface area contributed by atoms with E-state index in [4.69, 9.17) is 0 Å². The van der Waals surface area contributed by atoms with Gasteiger partial charge in [0.25, 0.3) is 0 Å². The molecule has 6 atom stereocenters. The molecule has 3 aliphatic carbocycles. The minimum atomic E-state index is -1.12. The number of carbonyl (C=O) groups excluding carboxylic acids is 5. The molecule has 4 amide bonds. The normalized spacial score (nSPS) is 43.3. The Bertz CT molecular complexity index is 736. The lowest BCUT2D eigenvalue weighted by molar-refractivity contribution is -0.148. The van der Waals surface area contributed by atoms with Crippen LogP contribution in [0.1, 0.15) is 13.8 Å². The lowest BCUT2D eigenvalue weighted by atomic mass is 9.44. The molecule has 0 aromatic carbocycles. The van der Waals surface area contributed by atoms with Crippen LogP contribution in [0.3, 0.4) is 0 Å². The van der Waals surface area contributed by atoms with Crippen LogP contribution >= 0.6 is 0 Å². The van der Waals surface area contributed by atoms with Crippen LogP contribution in [0.25, 0.3) is 0 Å². The first-order valence-electron chi connectivity index (χ1n) is 8.00. The molecule has 3 fully saturated rings. The Morgan fingerprint density at radius 1 is 0.917 bits per heavy atom. The van der Waals surface area contributed by atoms with Gasteiger partial charge in [-0.2, -0.15) is 0 Å². The van der Waals surface area contributed by atoms with Crippen molar-refractivity contribution in [3.8, 4) is 0 Å². The fourth-order valence-corrected chi connectivity index (χ4v) is 5.53. The number of allylic oxidation sites excluding steroid dienone is 2. The second-order valence-electron chi connectivity index (χ2n) is 7.47. The van der Waals surface area contributed by atoms with Crippen molar-refractivity contribution in [3.63, 3.8) is 0 Å². The zero-order valence-corrected chi connectivity index (χ0v) is 13.9. The average molecular weight is 330 g/mol. The molecular formula is C17H18N2O5. The highest BCUT2D eigenvalue weighted by molar-refractivity contribution is 6.13. The molecule has 7 nitrogen and oxygen atoms in total. The van der Waals surface area contributed by atoms with Crippen LogP contribution in [0.4, 0.5) is 0 Å². The molecule has 2 unspecified atom stereocenters. The van der Waals surface area contributed by atoms with Crippen molar-refractivity contribution in [2.45, 2.75) is 13.8 Å². The van der Waals surface area contributed by atoms with E-state index in [9.17, 15) is 24.0 Å². The topological polar surface area (TPSA) is 91.8 Å². The van der Waals surface area contributed by atoms with Gasteiger partial charge in [-0.15, -0.1) is 0 Å². The number of hydrogen-bond acceptors (Lipinski definition) is 5. The molecule has 24 heavy (non-hydrogen) atoms. The second kappa shape index (κ2) is 4.20. The van der Waals surface area contributed by atoms with Gasteiger partial charge in [0.2, 0.25) is 23.6 Å². The Morgan fingerprint density at radius 3 is 1.71 bits per heavy atom. The standard InChI is InChI=1S/C17H18N2O5/c1-6(20)8-5-7-9-11(15(23)18(3)13(9)21)17(8,2)12-10(7)14(22)19(4)16(12)24/h5,7,9-12H,1-4H3/t7?,9-,10+,11+,12-,17?. The average Bonchev–Trinajstić information content (AvgIpc) is 2.90. The SMILES string of the molecule is CC(=O)C1=CC2[C@H]3C(=O)N(C)C(=O)[C@H]3C1(C)[C@H]1C(=O)N(C)C(=O)[C@@H]21. The molecule has 5 rings (SSSR count). The quantitative estimate of drug-likeness (QED) is 0.611. The third-order valence-electron chi connectivity index (χ3n) is 6.58. The van der Waals surface area contributed by atoms with E-state index in [1.807, 2.05) is 0 Å². The molecule has 1 saturated carbocycles. The van der Waals surface area contributed by atoms with E-state index in [0.717, 1.165) is 9.80 Å². The van der Waals surface area contributed by atoms with E-state index < -0.39 is 35.0 Å². The van der Waals surface area contributed by atoms with Crippen molar-refractivity contribution < 1.29 is 24.0 Å². The zero-order valence-electron chi connectivity index (χ0n) is 13.9. The smallest absolute Gasteiger partial charge is 0.233 e. The lowest BCUT2D eigenvalue weighted by Crippen LogP contribution is -2.59. The van der Waals surface area contributed by atoms with E-state index in [2.05, 4.69) is 0 Å². The van der Waals surface area contributed by atoms with Crippen molar-refractivity contribution in [3.05, 3.63) is 11.6 Å². The number of amides is 4. The Kier molecular flexibility index (Phi) is 2.67. The Morgan fingerprint density at radius 2 is 1.33 bits per heavy atom. The van der Waals surface area contributed by atoms with Crippen LogP contribution in [-0.2, 0) is 24.0 Å². The van der Waals surface area contributed by atoms with Crippen LogP contribution in [0.15, 0.2) is 11.6 Å². The maximum Gasteiger partial charge on any atom is 0.233 e. The third-order valence-corrected chi connectivity index (χ3v) is 6.58. The predicted molar refractivity (Wildman–Crippen MR) is 79.9 cm³/mol. The van der Waals surface area contributed by atoms with Crippen molar-refractivity contribution in [2.24, 2.45) is 35.0 Å². The van der Waals surface area contributed by atoms with Gasteiger partial charge in [0.1, 0.15) is 0 Å². The largest absolute Gasteiger partial charge is 0.295 e. The van der Waals surface area contributed by atoms with Gasteiger partial charge < -0.3 is 0 Å². The Labute approximate surface area is 138 Å². The maximum absolute atomic E-state index is 12.7. The minimum absolute atomic E-state index is 0.219. The molecule has 0 N–H and O–H groups in total. The highest BCUT2D eigenvalue weighted by Gasteiger charge is 2.74. The van der Waals surface area contributed by atoms with Crippen LogP contribution in [0.2, 0.25) is 0 Å². The molecule has 126 valence electrons. The maximum atomic E-state index is 12.7. The summed E-state index contributed by atoms with van der Waals surface area (Å²) in [5, 5.41) is 0. The molecule has 2 saturated heterocycles. The molecule has 7 heteroatoms. The van der Waals surface area contributed by atoms with Crippen LogP contribution in [-0.4, -0.2) is 53.3 Å². The third kappa shape index (κ3) is 1.34. The van der Waals surface area contributed by atoms with Crippen molar-refractivity contribution in [1.82, 2.24) is 9.80 Å². The van der Waals surface area contributed by atoms with Crippen molar-refractivity contribution >= 4 is 29.4 Å². The van der Waals surface area contributed by atoms with Gasteiger partial charge in [-0.05, 0) is 12.5 Å². The second-order valence-corrected chi connectivity index (χ2v) is 7.47. The molecule has 5 aliphatic rings.